The lowest BCUT2D eigenvalue weighted by atomic mass is 9.96. The second kappa shape index (κ2) is 5.55. The molecule has 92 valence electrons. The van der Waals surface area contributed by atoms with Gasteiger partial charge in [-0.15, -0.1) is 0 Å². The summed E-state index contributed by atoms with van der Waals surface area (Å²) in [6.45, 7) is 0.140. The first kappa shape index (κ1) is 11.7. The van der Waals surface area contributed by atoms with Crippen LogP contribution in [0.3, 0.4) is 0 Å². The predicted molar refractivity (Wildman–Crippen MR) is 64.5 cm³/mol. The third-order valence-corrected chi connectivity index (χ3v) is 3.03. The van der Waals surface area contributed by atoms with Gasteiger partial charge in [0.25, 0.3) is 0 Å². The van der Waals surface area contributed by atoms with Crippen molar-refractivity contribution in [1.29, 1.82) is 0 Å². The van der Waals surface area contributed by atoms with E-state index in [0.29, 0.717) is 6.04 Å². The highest BCUT2D eigenvalue weighted by atomic mass is 16.3. The maximum atomic E-state index is 9.36. The van der Waals surface area contributed by atoms with Gasteiger partial charge in [-0.3, -0.25) is 4.57 Å². The standard InChI is InChI=1S/C12H17N3O2/c16-11-6-7-12(17)15(11)9-13-8-14-10-4-2-1-3-5-10/h6-7,10,16-17H,1-5,9H2. The Labute approximate surface area is 100 Å². The molecule has 1 heterocycles. The summed E-state index contributed by atoms with van der Waals surface area (Å²) in [7, 11) is 0. The van der Waals surface area contributed by atoms with Crippen molar-refractivity contribution in [3.05, 3.63) is 12.1 Å². The summed E-state index contributed by atoms with van der Waals surface area (Å²) in [5.41, 5.74) is 0. The number of rotatable bonds is 3. The summed E-state index contributed by atoms with van der Waals surface area (Å²) in [5, 5.41) is 18.7. The molecule has 1 fully saturated rings. The van der Waals surface area contributed by atoms with E-state index >= 15 is 0 Å². The van der Waals surface area contributed by atoms with E-state index in [0.717, 1.165) is 12.8 Å². The number of hydrogen-bond donors (Lipinski definition) is 2. The van der Waals surface area contributed by atoms with Crippen LogP contribution in [0.15, 0.2) is 22.1 Å². The smallest absolute Gasteiger partial charge is 0.195 e. The molecule has 0 radical (unpaired) electrons. The van der Waals surface area contributed by atoms with Gasteiger partial charge in [-0.1, -0.05) is 19.3 Å². The molecule has 0 unspecified atom stereocenters. The van der Waals surface area contributed by atoms with Crippen LogP contribution in [0, 0.1) is 0 Å². The second-order valence-corrected chi connectivity index (χ2v) is 4.30. The van der Waals surface area contributed by atoms with Gasteiger partial charge in [-0.05, 0) is 12.8 Å². The molecular formula is C12H17N3O2. The van der Waals surface area contributed by atoms with Crippen LogP contribution in [0.1, 0.15) is 32.1 Å². The van der Waals surface area contributed by atoms with Gasteiger partial charge >= 0.3 is 0 Å². The SMILES string of the molecule is Oc1ccc(O)n1CN=C=NC1CCCCC1. The van der Waals surface area contributed by atoms with Crippen molar-refractivity contribution >= 4 is 6.01 Å². The number of nitrogens with zero attached hydrogens (tertiary/aromatic N) is 3. The molecule has 0 saturated heterocycles. The molecule has 5 nitrogen and oxygen atoms in total. The average Bonchev–Trinajstić information content (AvgIpc) is 2.67. The topological polar surface area (TPSA) is 70.1 Å². The van der Waals surface area contributed by atoms with Crippen molar-refractivity contribution in [3.8, 4) is 11.8 Å². The molecule has 0 spiro atoms. The van der Waals surface area contributed by atoms with Crippen LogP contribution >= 0.6 is 0 Å². The molecule has 0 aliphatic heterocycles. The Morgan fingerprint density at radius 3 is 2.47 bits per heavy atom. The maximum Gasteiger partial charge on any atom is 0.195 e. The Bertz CT molecular complexity index is 407. The molecule has 0 aromatic carbocycles. The summed E-state index contributed by atoms with van der Waals surface area (Å²) in [6, 6.07) is 5.84. The largest absolute Gasteiger partial charge is 0.494 e. The minimum absolute atomic E-state index is 0.00860. The van der Waals surface area contributed by atoms with Crippen LogP contribution in [-0.2, 0) is 6.67 Å². The number of aromatic hydroxyl groups is 2. The predicted octanol–water partition coefficient (Wildman–Crippen LogP) is 2.36. The van der Waals surface area contributed by atoms with E-state index in [1.807, 2.05) is 0 Å². The Kier molecular flexibility index (Phi) is 3.83. The minimum atomic E-state index is -0.00860. The van der Waals surface area contributed by atoms with Crippen LogP contribution in [-0.4, -0.2) is 26.8 Å². The van der Waals surface area contributed by atoms with Crippen LogP contribution < -0.4 is 0 Å². The molecule has 1 aliphatic carbocycles. The summed E-state index contributed by atoms with van der Waals surface area (Å²) in [5.74, 6) is -0.0172. The molecule has 1 aromatic heterocycles. The van der Waals surface area contributed by atoms with Gasteiger partial charge in [0.05, 0.1) is 12.1 Å². The normalized spacial score (nSPS) is 16.5. The van der Waals surface area contributed by atoms with E-state index in [4.69, 9.17) is 0 Å². The van der Waals surface area contributed by atoms with Crippen molar-refractivity contribution in [2.75, 3.05) is 0 Å². The number of aromatic nitrogens is 1. The molecular weight excluding hydrogens is 218 g/mol. The summed E-state index contributed by atoms with van der Waals surface area (Å²) >= 11 is 0. The molecule has 0 amide bonds. The van der Waals surface area contributed by atoms with Crippen molar-refractivity contribution in [3.63, 3.8) is 0 Å². The maximum absolute atomic E-state index is 9.36. The zero-order chi connectivity index (χ0) is 12.1. The third kappa shape index (κ3) is 3.11. The minimum Gasteiger partial charge on any atom is -0.494 e. The molecule has 1 saturated carbocycles. The van der Waals surface area contributed by atoms with E-state index in [1.165, 1.54) is 36.0 Å². The molecule has 0 atom stereocenters. The molecule has 5 heteroatoms. The van der Waals surface area contributed by atoms with Gasteiger partial charge in [0.1, 0.15) is 6.67 Å². The quantitative estimate of drug-likeness (QED) is 0.789. The van der Waals surface area contributed by atoms with E-state index in [1.54, 1.807) is 0 Å². The highest BCUT2D eigenvalue weighted by Crippen LogP contribution is 2.21. The first-order chi connectivity index (χ1) is 8.27. The van der Waals surface area contributed by atoms with E-state index in [9.17, 15) is 10.2 Å². The van der Waals surface area contributed by atoms with Crippen molar-refractivity contribution < 1.29 is 10.2 Å². The molecule has 2 rings (SSSR count). The fraction of sp³-hybridized carbons (Fsp3) is 0.583. The fourth-order valence-electron chi connectivity index (χ4n) is 2.03. The average molecular weight is 235 g/mol. The lowest BCUT2D eigenvalue weighted by Crippen LogP contribution is -2.08. The second-order valence-electron chi connectivity index (χ2n) is 4.30. The Morgan fingerprint density at radius 1 is 1.18 bits per heavy atom. The number of aliphatic imine (C=N–C) groups is 2. The van der Waals surface area contributed by atoms with E-state index in [2.05, 4.69) is 16.0 Å². The number of hydrogen-bond acceptors (Lipinski definition) is 4. The lowest BCUT2D eigenvalue weighted by Gasteiger charge is -2.15. The van der Waals surface area contributed by atoms with Crippen LogP contribution in [0.25, 0.3) is 0 Å². The van der Waals surface area contributed by atoms with Crippen LogP contribution in [0.5, 0.6) is 11.8 Å². The van der Waals surface area contributed by atoms with E-state index in [-0.39, 0.29) is 18.4 Å². The Balaban J connectivity index is 1.90. The molecule has 1 aliphatic rings. The Morgan fingerprint density at radius 2 is 1.82 bits per heavy atom. The summed E-state index contributed by atoms with van der Waals surface area (Å²) in [6.07, 6.45) is 5.99. The van der Waals surface area contributed by atoms with Crippen molar-refractivity contribution in [2.24, 2.45) is 9.98 Å². The third-order valence-electron chi connectivity index (χ3n) is 3.03. The molecule has 17 heavy (non-hydrogen) atoms. The first-order valence-corrected chi connectivity index (χ1v) is 5.96. The summed E-state index contributed by atoms with van der Waals surface area (Å²) < 4.78 is 1.28. The van der Waals surface area contributed by atoms with Gasteiger partial charge < -0.3 is 10.2 Å². The summed E-state index contributed by atoms with van der Waals surface area (Å²) in [4.78, 5) is 8.20. The van der Waals surface area contributed by atoms with Crippen LogP contribution in [0.2, 0.25) is 0 Å². The Hall–Kier alpha value is -1.74. The van der Waals surface area contributed by atoms with Gasteiger partial charge in [0, 0.05) is 12.1 Å². The van der Waals surface area contributed by atoms with Crippen LogP contribution in [0.4, 0.5) is 0 Å². The van der Waals surface area contributed by atoms with Gasteiger partial charge in [0.15, 0.2) is 11.8 Å². The van der Waals surface area contributed by atoms with Gasteiger partial charge in [-0.25, -0.2) is 9.98 Å². The first-order valence-electron chi connectivity index (χ1n) is 5.96. The molecule has 0 bridgehead atoms. The molecule has 1 aromatic rings. The zero-order valence-corrected chi connectivity index (χ0v) is 9.71. The zero-order valence-electron chi connectivity index (χ0n) is 9.71. The van der Waals surface area contributed by atoms with Crippen molar-refractivity contribution in [1.82, 2.24) is 4.57 Å². The molecule has 2 N–H and O–H groups in total. The monoisotopic (exact) mass is 235 g/mol. The van der Waals surface area contributed by atoms with Crippen molar-refractivity contribution in [2.45, 2.75) is 44.8 Å². The lowest BCUT2D eigenvalue weighted by molar-refractivity contribution is 0.371. The highest BCUT2D eigenvalue weighted by molar-refractivity contribution is 5.41. The van der Waals surface area contributed by atoms with E-state index < -0.39 is 0 Å². The van der Waals surface area contributed by atoms with Gasteiger partial charge in [-0.2, -0.15) is 0 Å². The fourth-order valence-corrected chi connectivity index (χ4v) is 2.03. The highest BCUT2D eigenvalue weighted by Gasteiger charge is 2.10. The van der Waals surface area contributed by atoms with Gasteiger partial charge in [0.2, 0.25) is 0 Å².